The lowest BCUT2D eigenvalue weighted by molar-refractivity contribution is 0.0960. The second-order valence-corrected chi connectivity index (χ2v) is 6.02. The second kappa shape index (κ2) is 6.62. The molecule has 0 saturated heterocycles. The fourth-order valence-corrected chi connectivity index (χ4v) is 3.56. The third-order valence-electron chi connectivity index (χ3n) is 3.54. The number of nitrogens with two attached hydrogens (primary N) is 1. The Morgan fingerprint density at radius 1 is 1.45 bits per heavy atom. The van der Waals surface area contributed by atoms with Crippen LogP contribution >= 0.6 is 11.3 Å². The highest BCUT2D eigenvalue weighted by Crippen LogP contribution is 2.36. The number of carbonyl (C=O) groups is 1. The fourth-order valence-electron chi connectivity index (χ4n) is 2.50. The molecule has 4 N–H and O–H groups in total. The van der Waals surface area contributed by atoms with Crippen molar-refractivity contribution in [1.82, 2.24) is 5.32 Å². The molecule has 20 heavy (non-hydrogen) atoms. The first-order chi connectivity index (χ1) is 9.67. The van der Waals surface area contributed by atoms with Gasteiger partial charge in [0.05, 0.1) is 5.69 Å². The molecule has 6 heteroatoms. The Morgan fingerprint density at radius 3 is 2.75 bits per heavy atom. The number of amides is 1. The van der Waals surface area contributed by atoms with Crippen LogP contribution in [-0.4, -0.2) is 18.5 Å². The Hall–Kier alpha value is -1.74. The molecular weight excluding hydrogens is 272 g/mol. The van der Waals surface area contributed by atoms with Crippen LogP contribution in [0.15, 0.2) is 0 Å². The molecule has 2 rings (SSSR count). The van der Waals surface area contributed by atoms with Crippen molar-refractivity contribution >= 4 is 27.9 Å². The van der Waals surface area contributed by atoms with E-state index in [2.05, 4.69) is 16.7 Å². The zero-order valence-electron chi connectivity index (χ0n) is 11.7. The summed E-state index contributed by atoms with van der Waals surface area (Å²) in [6.07, 6.45) is 5.92. The average molecular weight is 292 g/mol. The van der Waals surface area contributed by atoms with Crippen LogP contribution in [-0.2, 0) is 0 Å². The SMILES string of the molecule is CCNC(=O)c1sc(NC2CCCCC2)c(C#N)c1N. The van der Waals surface area contributed by atoms with Gasteiger partial charge in [-0.25, -0.2) is 0 Å². The number of carbonyl (C=O) groups excluding carboxylic acids is 1. The first-order valence-electron chi connectivity index (χ1n) is 7.04. The fraction of sp³-hybridized carbons (Fsp3) is 0.571. The predicted octanol–water partition coefficient (Wildman–Crippen LogP) is 2.70. The van der Waals surface area contributed by atoms with Gasteiger partial charge in [0.25, 0.3) is 5.91 Å². The minimum atomic E-state index is -0.205. The lowest BCUT2D eigenvalue weighted by Crippen LogP contribution is -2.22. The molecule has 0 bridgehead atoms. The lowest BCUT2D eigenvalue weighted by atomic mass is 9.95. The Bertz CT molecular complexity index is 526. The number of anilines is 2. The number of hydrogen-bond donors (Lipinski definition) is 3. The molecule has 0 spiro atoms. The van der Waals surface area contributed by atoms with E-state index in [1.54, 1.807) is 0 Å². The Kier molecular flexibility index (Phi) is 4.85. The van der Waals surface area contributed by atoms with Gasteiger partial charge < -0.3 is 16.4 Å². The number of hydrogen-bond acceptors (Lipinski definition) is 5. The van der Waals surface area contributed by atoms with Crippen LogP contribution in [0.3, 0.4) is 0 Å². The van der Waals surface area contributed by atoms with Gasteiger partial charge >= 0.3 is 0 Å². The van der Waals surface area contributed by atoms with Crippen LogP contribution < -0.4 is 16.4 Å². The topological polar surface area (TPSA) is 90.9 Å². The Labute approximate surface area is 123 Å². The van der Waals surface area contributed by atoms with E-state index in [-0.39, 0.29) is 5.91 Å². The van der Waals surface area contributed by atoms with Crippen molar-refractivity contribution in [2.75, 3.05) is 17.6 Å². The first kappa shape index (κ1) is 14.7. The molecule has 1 aliphatic carbocycles. The minimum absolute atomic E-state index is 0.205. The number of nitrogens with zero attached hydrogens (tertiary/aromatic N) is 1. The van der Waals surface area contributed by atoms with Gasteiger partial charge in [0.2, 0.25) is 0 Å². The highest BCUT2D eigenvalue weighted by Gasteiger charge is 2.23. The minimum Gasteiger partial charge on any atom is -0.396 e. The van der Waals surface area contributed by atoms with Gasteiger partial charge in [-0.15, -0.1) is 11.3 Å². The maximum Gasteiger partial charge on any atom is 0.263 e. The van der Waals surface area contributed by atoms with E-state index >= 15 is 0 Å². The molecule has 0 unspecified atom stereocenters. The van der Waals surface area contributed by atoms with E-state index in [0.29, 0.717) is 28.7 Å². The van der Waals surface area contributed by atoms with Gasteiger partial charge in [-0.2, -0.15) is 5.26 Å². The average Bonchev–Trinajstić information content (AvgIpc) is 2.76. The molecule has 0 atom stereocenters. The largest absolute Gasteiger partial charge is 0.396 e. The molecule has 0 aromatic carbocycles. The van der Waals surface area contributed by atoms with Crippen LogP contribution in [0.2, 0.25) is 0 Å². The van der Waals surface area contributed by atoms with Gasteiger partial charge in [0.1, 0.15) is 21.5 Å². The molecule has 1 heterocycles. The van der Waals surface area contributed by atoms with E-state index < -0.39 is 0 Å². The maximum absolute atomic E-state index is 11.9. The van der Waals surface area contributed by atoms with Crippen molar-refractivity contribution in [2.24, 2.45) is 0 Å². The van der Waals surface area contributed by atoms with E-state index in [4.69, 9.17) is 5.73 Å². The Balaban J connectivity index is 2.21. The number of nitrogen functional groups attached to an aromatic ring is 1. The second-order valence-electron chi connectivity index (χ2n) is 5.00. The number of nitrogens with one attached hydrogen (secondary N) is 2. The van der Waals surface area contributed by atoms with Crippen molar-refractivity contribution < 1.29 is 4.79 Å². The summed E-state index contributed by atoms with van der Waals surface area (Å²) in [5.74, 6) is -0.205. The number of thiophene rings is 1. The van der Waals surface area contributed by atoms with Crippen molar-refractivity contribution in [2.45, 2.75) is 45.1 Å². The third kappa shape index (κ3) is 3.05. The van der Waals surface area contributed by atoms with Crippen molar-refractivity contribution in [3.05, 3.63) is 10.4 Å². The predicted molar refractivity (Wildman–Crippen MR) is 81.9 cm³/mol. The lowest BCUT2D eigenvalue weighted by Gasteiger charge is -2.23. The van der Waals surface area contributed by atoms with Gasteiger partial charge in [-0.05, 0) is 19.8 Å². The summed E-state index contributed by atoms with van der Waals surface area (Å²) in [6, 6.07) is 2.50. The summed E-state index contributed by atoms with van der Waals surface area (Å²) in [4.78, 5) is 12.4. The third-order valence-corrected chi connectivity index (χ3v) is 4.68. The molecular formula is C14H20N4OS. The maximum atomic E-state index is 11.9. The van der Waals surface area contributed by atoms with Crippen molar-refractivity contribution in [3.8, 4) is 6.07 Å². The van der Waals surface area contributed by atoms with E-state index in [1.165, 1.54) is 30.6 Å². The summed E-state index contributed by atoms with van der Waals surface area (Å²) in [6.45, 7) is 2.40. The Morgan fingerprint density at radius 2 is 2.15 bits per heavy atom. The van der Waals surface area contributed by atoms with Gasteiger partial charge in [-0.1, -0.05) is 19.3 Å². The molecule has 0 radical (unpaired) electrons. The molecule has 1 aliphatic rings. The summed E-state index contributed by atoms with van der Waals surface area (Å²) in [7, 11) is 0. The molecule has 5 nitrogen and oxygen atoms in total. The molecule has 1 fully saturated rings. The van der Waals surface area contributed by atoms with Gasteiger partial charge in [-0.3, -0.25) is 4.79 Å². The number of nitriles is 1. The summed E-state index contributed by atoms with van der Waals surface area (Å²) in [5, 5.41) is 16.1. The van der Waals surface area contributed by atoms with Gasteiger partial charge in [0, 0.05) is 12.6 Å². The monoisotopic (exact) mass is 292 g/mol. The highest BCUT2D eigenvalue weighted by atomic mass is 32.1. The van der Waals surface area contributed by atoms with E-state index in [9.17, 15) is 10.1 Å². The first-order valence-corrected chi connectivity index (χ1v) is 7.86. The van der Waals surface area contributed by atoms with Crippen molar-refractivity contribution in [3.63, 3.8) is 0 Å². The standard InChI is InChI=1S/C14H20N4OS/c1-2-17-13(19)12-11(16)10(8-15)14(20-12)18-9-6-4-3-5-7-9/h9,18H,2-7,16H2,1H3,(H,17,19). The van der Waals surface area contributed by atoms with Crippen LogP contribution in [0, 0.1) is 11.3 Å². The van der Waals surface area contributed by atoms with Crippen LogP contribution in [0.25, 0.3) is 0 Å². The summed E-state index contributed by atoms with van der Waals surface area (Å²) < 4.78 is 0. The quantitative estimate of drug-likeness (QED) is 0.795. The summed E-state index contributed by atoms with van der Waals surface area (Å²) >= 11 is 1.28. The molecule has 1 aromatic rings. The van der Waals surface area contributed by atoms with Crippen LogP contribution in [0.5, 0.6) is 0 Å². The molecule has 0 aliphatic heterocycles. The van der Waals surface area contributed by atoms with Crippen LogP contribution in [0.4, 0.5) is 10.7 Å². The van der Waals surface area contributed by atoms with Gasteiger partial charge in [0.15, 0.2) is 0 Å². The highest BCUT2D eigenvalue weighted by molar-refractivity contribution is 7.18. The molecule has 108 valence electrons. The van der Waals surface area contributed by atoms with E-state index in [1.807, 2.05) is 6.92 Å². The zero-order valence-corrected chi connectivity index (χ0v) is 12.5. The normalized spacial score (nSPS) is 15.6. The smallest absolute Gasteiger partial charge is 0.263 e. The number of rotatable bonds is 4. The van der Waals surface area contributed by atoms with Crippen molar-refractivity contribution in [1.29, 1.82) is 5.26 Å². The molecule has 1 amide bonds. The zero-order chi connectivity index (χ0) is 14.5. The van der Waals surface area contributed by atoms with E-state index in [0.717, 1.165) is 17.8 Å². The molecule has 1 aromatic heterocycles. The van der Waals surface area contributed by atoms with Crippen LogP contribution in [0.1, 0.15) is 54.3 Å². The molecule has 1 saturated carbocycles. The summed E-state index contributed by atoms with van der Waals surface area (Å²) in [5.41, 5.74) is 6.64.